The molecule has 1 rings (SSSR count). The van der Waals surface area contributed by atoms with Gasteiger partial charge >= 0.3 is 0 Å². The van der Waals surface area contributed by atoms with Gasteiger partial charge in [0.1, 0.15) is 6.10 Å². The van der Waals surface area contributed by atoms with E-state index in [0.717, 1.165) is 31.0 Å². The number of thioether (sulfide) groups is 1. The van der Waals surface area contributed by atoms with Gasteiger partial charge in [-0.05, 0) is 24.1 Å². The number of carbonyl (C=O) groups is 1. The van der Waals surface area contributed by atoms with Crippen LogP contribution >= 0.6 is 11.8 Å². The molecule has 1 aromatic carbocycles. The fourth-order valence-electron chi connectivity index (χ4n) is 1.65. The summed E-state index contributed by atoms with van der Waals surface area (Å²) in [6.07, 6.45) is -2.52. The number of rotatable bonds is 6. The van der Waals surface area contributed by atoms with Crippen molar-refractivity contribution in [1.82, 2.24) is 0 Å². The molecule has 2 atom stereocenters. The van der Waals surface area contributed by atoms with Gasteiger partial charge in [0, 0.05) is 12.7 Å². The molecule has 2 N–H and O–H groups in total. The van der Waals surface area contributed by atoms with Crippen LogP contribution < -0.4 is 4.74 Å². The van der Waals surface area contributed by atoms with Crippen LogP contribution in [0.4, 0.5) is 8.78 Å². The minimum atomic E-state index is -1.43. The summed E-state index contributed by atoms with van der Waals surface area (Å²) in [5.74, 6) is -2.13. The van der Waals surface area contributed by atoms with Crippen molar-refractivity contribution >= 4 is 16.9 Å². The van der Waals surface area contributed by atoms with Gasteiger partial charge in [0.2, 0.25) is 0 Å². The van der Waals surface area contributed by atoms with Gasteiger partial charge in [-0.3, -0.25) is 4.79 Å². The molecular weight excluding hydrogens is 290 g/mol. The Balaban J connectivity index is 2.76. The second-order valence-electron chi connectivity index (χ2n) is 4.16. The van der Waals surface area contributed by atoms with Crippen molar-refractivity contribution in [3.8, 4) is 5.75 Å². The summed E-state index contributed by atoms with van der Waals surface area (Å²) in [6.45, 7) is 1.39. The maximum Gasteiger partial charge on any atom is 0.190 e. The van der Waals surface area contributed by atoms with Crippen LogP contribution in [-0.2, 0) is 4.79 Å². The van der Waals surface area contributed by atoms with Crippen molar-refractivity contribution in [2.45, 2.75) is 25.6 Å². The molecular formula is C13H16F2O4S. The third-order valence-electron chi connectivity index (χ3n) is 2.65. The van der Waals surface area contributed by atoms with Crippen molar-refractivity contribution in [2.75, 3.05) is 12.9 Å². The van der Waals surface area contributed by atoms with Gasteiger partial charge in [0.05, 0.1) is 13.2 Å². The number of halogens is 2. The quantitative estimate of drug-likeness (QED) is 0.842. The monoisotopic (exact) mass is 306 g/mol. The summed E-state index contributed by atoms with van der Waals surface area (Å²) in [5.41, 5.74) is -0.0823. The number of aliphatic hydroxyl groups is 2. The minimum Gasteiger partial charge on any atom is -0.491 e. The molecule has 0 aliphatic carbocycles. The van der Waals surface area contributed by atoms with Gasteiger partial charge in [-0.2, -0.15) is 0 Å². The summed E-state index contributed by atoms with van der Waals surface area (Å²) in [4.78, 5) is 10.7. The molecule has 0 fully saturated rings. The van der Waals surface area contributed by atoms with Crippen LogP contribution in [0.25, 0.3) is 0 Å². The second-order valence-corrected chi connectivity index (χ2v) is 5.43. The molecule has 4 nitrogen and oxygen atoms in total. The molecule has 0 saturated carbocycles. The van der Waals surface area contributed by atoms with Crippen molar-refractivity contribution in [3.05, 3.63) is 29.3 Å². The van der Waals surface area contributed by atoms with Crippen LogP contribution in [0.1, 0.15) is 25.0 Å². The van der Waals surface area contributed by atoms with Gasteiger partial charge in [-0.15, -0.1) is 0 Å². The van der Waals surface area contributed by atoms with Crippen LogP contribution in [0.2, 0.25) is 0 Å². The van der Waals surface area contributed by atoms with Gasteiger partial charge in [-0.1, -0.05) is 11.8 Å². The molecule has 0 radical (unpaired) electrons. The maximum absolute atomic E-state index is 13.5. The van der Waals surface area contributed by atoms with E-state index in [1.54, 1.807) is 0 Å². The fourth-order valence-corrected chi connectivity index (χ4v) is 2.30. The molecule has 7 heteroatoms. The van der Waals surface area contributed by atoms with Gasteiger partial charge in [0.25, 0.3) is 0 Å². The smallest absolute Gasteiger partial charge is 0.190 e. The van der Waals surface area contributed by atoms with Crippen molar-refractivity contribution < 1.29 is 28.5 Å². The first kappa shape index (κ1) is 16.9. The highest BCUT2D eigenvalue weighted by atomic mass is 32.2. The van der Waals surface area contributed by atoms with E-state index in [9.17, 15) is 23.8 Å². The summed E-state index contributed by atoms with van der Waals surface area (Å²) < 4.78 is 31.5. The molecule has 0 bridgehead atoms. The van der Waals surface area contributed by atoms with Crippen LogP contribution in [-0.4, -0.2) is 34.3 Å². The number of hydrogen-bond acceptors (Lipinski definition) is 5. The van der Waals surface area contributed by atoms with Gasteiger partial charge < -0.3 is 14.9 Å². The molecule has 0 aliphatic rings. The first-order valence-corrected chi connectivity index (χ1v) is 6.87. The first-order chi connectivity index (χ1) is 9.36. The molecule has 2 unspecified atom stereocenters. The molecule has 0 aromatic heterocycles. The molecule has 0 spiro atoms. The SMILES string of the molecule is COc1c(F)cc(C(O)C(O)CCSC(C)=O)cc1F. The Morgan fingerprint density at radius 1 is 1.35 bits per heavy atom. The third-order valence-corrected chi connectivity index (χ3v) is 3.50. The van der Waals surface area contributed by atoms with Crippen LogP contribution in [0, 0.1) is 11.6 Å². The first-order valence-electron chi connectivity index (χ1n) is 5.89. The molecule has 0 saturated heterocycles. The van der Waals surface area contributed by atoms with Crippen molar-refractivity contribution in [3.63, 3.8) is 0 Å². The van der Waals surface area contributed by atoms with E-state index < -0.39 is 29.6 Å². The van der Waals surface area contributed by atoms with E-state index in [0.29, 0.717) is 5.75 Å². The zero-order valence-corrected chi connectivity index (χ0v) is 11.9. The lowest BCUT2D eigenvalue weighted by Crippen LogP contribution is -2.19. The van der Waals surface area contributed by atoms with Crippen LogP contribution in [0.3, 0.4) is 0 Å². The van der Waals surface area contributed by atoms with E-state index in [4.69, 9.17) is 0 Å². The van der Waals surface area contributed by atoms with Crippen molar-refractivity contribution in [2.24, 2.45) is 0 Å². The van der Waals surface area contributed by atoms with Crippen LogP contribution in [0.15, 0.2) is 12.1 Å². The minimum absolute atomic E-state index is 0.0823. The maximum atomic E-state index is 13.5. The molecule has 0 heterocycles. The Labute approximate surface area is 119 Å². The Kier molecular flexibility index (Phi) is 6.38. The summed E-state index contributed by atoms with van der Waals surface area (Å²) >= 11 is 1.01. The fraction of sp³-hybridized carbons (Fsp3) is 0.462. The highest BCUT2D eigenvalue weighted by Gasteiger charge is 2.22. The van der Waals surface area contributed by atoms with Crippen LogP contribution in [0.5, 0.6) is 5.75 Å². The highest BCUT2D eigenvalue weighted by molar-refractivity contribution is 8.13. The lowest BCUT2D eigenvalue weighted by atomic mass is 10.0. The predicted molar refractivity (Wildman–Crippen MR) is 71.6 cm³/mol. The predicted octanol–water partition coefficient (Wildman–Crippen LogP) is 2.04. The number of methoxy groups -OCH3 is 1. The van der Waals surface area contributed by atoms with Crippen molar-refractivity contribution in [1.29, 1.82) is 0 Å². The Morgan fingerprint density at radius 3 is 2.35 bits per heavy atom. The molecule has 20 heavy (non-hydrogen) atoms. The van der Waals surface area contributed by atoms with Gasteiger partial charge in [-0.25, -0.2) is 8.78 Å². The lowest BCUT2D eigenvalue weighted by Gasteiger charge is -2.18. The Hall–Kier alpha value is -1.18. The lowest BCUT2D eigenvalue weighted by molar-refractivity contribution is -0.109. The number of carbonyl (C=O) groups excluding carboxylic acids is 1. The second kappa shape index (κ2) is 7.56. The van der Waals surface area contributed by atoms with E-state index in [1.807, 2.05) is 0 Å². The Bertz CT molecular complexity index is 458. The highest BCUT2D eigenvalue weighted by Crippen LogP contribution is 2.28. The summed E-state index contributed by atoms with van der Waals surface area (Å²) in [7, 11) is 1.13. The standard InChI is InChI=1S/C13H16F2O4S/c1-7(16)20-4-3-11(17)12(18)8-5-9(14)13(19-2)10(15)6-8/h5-6,11-12,17-18H,3-4H2,1-2H3. The zero-order chi connectivity index (χ0) is 15.3. The third kappa shape index (κ3) is 4.43. The molecule has 0 amide bonds. The Morgan fingerprint density at radius 2 is 1.90 bits per heavy atom. The average molecular weight is 306 g/mol. The largest absolute Gasteiger partial charge is 0.491 e. The number of ether oxygens (including phenoxy) is 1. The molecule has 1 aromatic rings. The average Bonchev–Trinajstić information content (AvgIpc) is 2.36. The van der Waals surface area contributed by atoms with E-state index in [1.165, 1.54) is 6.92 Å². The summed E-state index contributed by atoms with van der Waals surface area (Å²) in [5, 5.41) is 19.5. The van der Waals surface area contributed by atoms with E-state index >= 15 is 0 Å². The number of hydrogen-bond donors (Lipinski definition) is 2. The van der Waals surface area contributed by atoms with Gasteiger partial charge in [0.15, 0.2) is 22.5 Å². The molecule has 0 aliphatic heterocycles. The van der Waals surface area contributed by atoms with E-state index in [2.05, 4.69) is 4.74 Å². The zero-order valence-electron chi connectivity index (χ0n) is 11.1. The number of benzene rings is 1. The van der Waals surface area contributed by atoms with E-state index in [-0.39, 0.29) is 17.1 Å². The normalized spacial score (nSPS) is 13.9. The number of aliphatic hydroxyl groups excluding tert-OH is 2. The topological polar surface area (TPSA) is 66.8 Å². The summed E-state index contributed by atoms with van der Waals surface area (Å²) in [6, 6.07) is 1.82. The molecule has 112 valence electrons.